The van der Waals surface area contributed by atoms with Crippen molar-refractivity contribution < 1.29 is 27.9 Å². The fourth-order valence-corrected chi connectivity index (χ4v) is 3.41. The van der Waals surface area contributed by atoms with E-state index in [4.69, 9.17) is 21.4 Å². The number of rotatable bonds is 4. The molecule has 1 N–H and O–H groups in total. The molecule has 2 rings (SSSR count). The highest BCUT2D eigenvalue weighted by Gasteiger charge is 2.34. The third-order valence-corrected chi connectivity index (χ3v) is 5.09. The summed E-state index contributed by atoms with van der Waals surface area (Å²) in [6.45, 7) is 0.0739. The summed E-state index contributed by atoms with van der Waals surface area (Å²) in [7, 11) is -3.86. The molecule has 1 aliphatic heterocycles. The van der Waals surface area contributed by atoms with Crippen molar-refractivity contribution in [3.8, 4) is 0 Å². The lowest BCUT2D eigenvalue weighted by Crippen LogP contribution is -2.54. The molecule has 0 aliphatic carbocycles. The first-order valence-corrected chi connectivity index (χ1v) is 8.42. The normalized spacial score (nSPS) is 19.0. The molecule has 7 nitrogen and oxygen atoms in total. The Morgan fingerprint density at radius 2 is 1.95 bits per heavy atom. The van der Waals surface area contributed by atoms with E-state index < -0.39 is 33.5 Å². The summed E-state index contributed by atoms with van der Waals surface area (Å²) < 4.78 is 29.4. The molecule has 0 spiro atoms. The van der Waals surface area contributed by atoms with E-state index >= 15 is 0 Å². The van der Waals surface area contributed by atoms with Gasteiger partial charge in [-0.2, -0.15) is 0 Å². The number of amides is 1. The molecule has 0 saturated carbocycles. The van der Waals surface area contributed by atoms with E-state index in [0.29, 0.717) is 5.02 Å². The third kappa shape index (κ3) is 3.76. The van der Waals surface area contributed by atoms with E-state index in [0.717, 1.165) is 4.90 Å². The molecule has 1 atom stereocenters. The summed E-state index contributed by atoms with van der Waals surface area (Å²) in [5.41, 5.74) is 0. The lowest BCUT2D eigenvalue weighted by Gasteiger charge is -2.32. The first-order valence-electron chi connectivity index (χ1n) is 6.39. The Balaban J connectivity index is 2.16. The van der Waals surface area contributed by atoms with Crippen LogP contribution in [0.5, 0.6) is 0 Å². The number of morpholine rings is 1. The van der Waals surface area contributed by atoms with Gasteiger partial charge < -0.3 is 14.7 Å². The van der Waals surface area contributed by atoms with Gasteiger partial charge in [-0.1, -0.05) is 11.6 Å². The minimum Gasteiger partial charge on any atom is -0.480 e. The maximum absolute atomic E-state index is 12.2. The van der Waals surface area contributed by atoms with E-state index in [2.05, 4.69) is 0 Å². The van der Waals surface area contributed by atoms with Crippen LogP contribution in [0.2, 0.25) is 5.02 Å². The Bertz CT molecular complexity index is 672. The summed E-state index contributed by atoms with van der Waals surface area (Å²) in [6.07, 6.45) is 0. The van der Waals surface area contributed by atoms with Crippen molar-refractivity contribution in [1.82, 2.24) is 4.90 Å². The second kappa shape index (κ2) is 6.64. The number of benzene rings is 1. The summed E-state index contributed by atoms with van der Waals surface area (Å²) in [6, 6.07) is 4.26. The van der Waals surface area contributed by atoms with Gasteiger partial charge >= 0.3 is 5.97 Å². The second-order valence-corrected chi connectivity index (χ2v) is 7.16. The molecule has 1 unspecified atom stereocenters. The van der Waals surface area contributed by atoms with Crippen LogP contribution in [0.4, 0.5) is 0 Å². The monoisotopic (exact) mass is 347 g/mol. The average Bonchev–Trinajstić information content (AvgIpc) is 2.47. The Hall–Kier alpha value is -1.64. The van der Waals surface area contributed by atoms with Gasteiger partial charge in [-0.05, 0) is 24.3 Å². The highest BCUT2D eigenvalue weighted by molar-refractivity contribution is 7.92. The molecule has 0 radical (unpaired) electrons. The zero-order chi connectivity index (χ0) is 16.3. The van der Waals surface area contributed by atoms with Crippen LogP contribution >= 0.6 is 11.6 Å². The van der Waals surface area contributed by atoms with Crippen molar-refractivity contribution in [3.05, 3.63) is 29.3 Å². The van der Waals surface area contributed by atoms with Crippen LogP contribution in [0.1, 0.15) is 0 Å². The van der Waals surface area contributed by atoms with Crippen LogP contribution in [0.25, 0.3) is 0 Å². The number of carbonyl (C=O) groups is 2. The highest BCUT2D eigenvalue weighted by Crippen LogP contribution is 2.17. The maximum atomic E-state index is 12.2. The molecule has 1 aliphatic rings. The van der Waals surface area contributed by atoms with Gasteiger partial charge in [0.25, 0.3) is 0 Å². The van der Waals surface area contributed by atoms with E-state index in [1.165, 1.54) is 24.3 Å². The van der Waals surface area contributed by atoms with Crippen LogP contribution in [-0.2, 0) is 24.2 Å². The standard InChI is InChI=1S/C13H14ClNO6S/c14-9-1-3-10(4-2-9)22(19,20)8-12(16)15-5-6-21-7-11(15)13(17)18/h1-4,11H,5-8H2,(H,17,18). The number of hydrogen-bond donors (Lipinski definition) is 1. The van der Waals surface area contributed by atoms with Crippen molar-refractivity contribution >= 4 is 33.3 Å². The number of hydrogen-bond acceptors (Lipinski definition) is 5. The number of halogens is 1. The van der Waals surface area contributed by atoms with Crippen LogP contribution in [0.15, 0.2) is 29.2 Å². The molecule has 1 heterocycles. The summed E-state index contributed by atoms with van der Waals surface area (Å²) >= 11 is 5.69. The van der Waals surface area contributed by atoms with Crippen LogP contribution in [-0.4, -0.2) is 61.9 Å². The fraction of sp³-hybridized carbons (Fsp3) is 0.385. The maximum Gasteiger partial charge on any atom is 0.328 e. The van der Waals surface area contributed by atoms with E-state index in [-0.39, 0.29) is 24.7 Å². The smallest absolute Gasteiger partial charge is 0.328 e. The van der Waals surface area contributed by atoms with Crippen molar-refractivity contribution in [2.24, 2.45) is 0 Å². The van der Waals surface area contributed by atoms with Gasteiger partial charge in [0.05, 0.1) is 18.1 Å². The molecular formula is C13H14ClNO6S. The Labute approximate surface area is 132 Å². The lowest BCUT2D eigenvalue weighted by atomic mass is 10.2. The summed E-state index contributed by atoms with van der Waals surface area (Å²) in [5, 5.41) is 9.44. The molecule has 120 valence electrons. The van der Waals surface area contributed by atoms with Crippen molar-refractivity contribution in [2.45, 2.75) is 10.9 Å². The van der Waals surface area contributed by atoms with Crippen molar-refractivity contribution in [1.29, 1.82) is 0 Å². The van der Waals surface area contributed by atoms with Crippen LogP contribution < -0.4 is 0 Å². The zero-order valence-corrected chi connectivity index (χ0v) is 13.0. The van der Waals surface area contributed by atoms with E-state index in [1.54, 1.807) is 0 Å². The molecule has 22 heavy (non-hydrogen) atoms. The number of carboxylic acid groups (broad SMARTS) is 1. The highest BCUT2D eigenvalue weighted by atomic mass is 35.5. The van der Waals surface area contributed by atoms with Gasteiger partial charge in [-0.15, -0.1) is 0 Å². The zero-order valence-electron chi connectivity index (χ0n) is 11.4. The van der Waals surface area contributed by atoms with Gasteiger partial charge in [0.1, 0.15) is 5.75 Å². The fourth-order valence-electron chi connectivity index (χ4n) is 2.08. The molecule has 0 aromatic heterocycles. The first kappa shape index (κ1) is 16.7. The topological polar surface area (TPSA) is 101 Å². The molecular weight excluding hydrogens is 334 g/mol. The molecule has 1 aromatic rings. The van der Waals surface area contributed by atoms with Gasteiger partial charge in [-0.25, -0.2) is 13.2 Å². The van der Waals surface area contributed by atoms with Gasteiger partial charge in [0.2, 0.25) is 5.91 Å². The van der Waals surface area contributed by atoms with Crippen molar-refractivity contribution in [3.63, 3.8) is 0 Å². The Morgan fingerprint density at radius 1 is 1.32 bits per heavy atom. The second-order valence-electron chi connectivity index (χ2n) is 4.73. The number of aliphatic carboxylic acids is 1. The number of carboxylic acids is 1. The van der Waals surface area contributed by atoms with E-state index in [1.807, 2.05) is 0 Å². The Kier molecular flexibility index (Phi) is 5.05. The molecule has 1 aromatic carbocycles. The first-order chi connectivity index (χ1) is 10.3. The predicted octanol–water partition coefficient (Wildman–Crippen LogP) is 0.426. The van der Waals surface area contributed by atoms with Gasteiger partial charge in [0.15, 0.2) is 15.9 Å². The van der Waals surface area contributed by atoms with Gasteiger partial charge in [-0.3, -0.25) is 4.79 Å². The third-order valence-electron chi connectivity index (χ3n) is 3.22. The predicted molar refractivity (Wildman–Crippen MR) is 77.5 cm³/mol. The minimum atomic E-state index is -3.86. The quantitative estimate of drug-likeness (QED) is 0.847. The number of sulfone groups is 1. The summed E-state index contributed by atoms with van der Waals surface area (Å²) in [4.78, 5) is 24.3. The molecule has 1 saturated heterocycles. The molecule has 1 amide bonds. The Morgan fingerprint density at radius 3 is 2.55 bits per heavy atom. The minimum absolute atomic E-state index is 0.0367. The average molecular weight is 348 g/mol. The molecule has 1 fully saturated rings. The van der Waals surface area contributed by atoms with Crippen LogP contribution in [0, 0.1) is 0 Å². The largest absolute Gasteiger partial charge is 0.480 e. The molecule has 9 heteroatoms. The number of ether oxygens (including phenoxy) is 1. The van der Waals surface area contributed by atoms with Crippen LogP contribution in [0.3, 0.4) is 0 Å². The SMILES string of the molecule is O=C(O)C1COCCN1C(=O)CS(=O)(=O)c1ccc(Cl)cc1. The van der Waals surface area contributed by atoms with Crippen molar-refractivity contribution in [2.75, 3.05) is 25.5 Å². The molecule has 0 bridgehead atoms. The number of carbonyl (C=O) groups excluding carboxylic acids is 1. The summed E-state index contributed by atoms with van der Waals surface area (Å²) in [5.74, 6) is -2.78. The van der Waals surface area contributed by atoms with Gasteiger partial charge in [0, 0.05) is 11.6 Å². The number of nitrogens with zero attached hydrogens (tertiary/aromatic N) is 1. The van der Waals surface area contributed by atoms with E-state index in [9.17, 15) is 18.0 Å². The lowest BCUT2D eigenvalue weighted by molar-refractivity contribution is -0.157.